The number of nitrogens with zero attached hydrogens (tertiary/aromatic N) is 2. The second-order valence-corrected chi connectivity index (χ2v) is 6.65. The molecule has 0 amide bonds. The van der Waals surface area contributed by atoms with Crippen LogP contribution in [0.25, 0.3) is 32.2 Å². The van der Waals surface area contributed by atoms with E-state index in [1.165, 1.54) is 27.2 Å². The molecule has 4 rings (SSSR count). The number of pyridine rings is 1. The number of thiazole rings is 1. The van der Waals surface area contributed by atoms with E-state index < -0.39 is 0 Å². The zero-order valence-corrected chi connectivity index (χ0v) is 14.0. The molecule has 0 aliphatic carbocycles. The molecule has 2 aromatic carbocycles. The standard InChI is InChI=1S/C20H17N2S/c1-14-8-6-7-11-16(14)18-13-12-17-20(22(18)2)23-19(21-17)15-9-4-3-5-10-15/h3-13H,1-2H3/q+1. The van der Waals surface area contributed by atoms with Gasteiger partial charge in [-0.25, -0.2) is 4.98 Å². The van der Waals surface area contributed by atoms with Crippen molar-refractivity contribution in [2.45, 2.75) is 6.92 Å². The Labute approximate surface area is 139 Å². The number of rotatable bonds is 2. The molecule has 23 heavy (non-hydrogen) atoms. The molecule has 0 aliphatic heterocycles. The minimum atomic E-state index is 1.05. The van der Waals surface area contributed by atoms with Crippen molar-refractivity contribution < 1.29 is 4.57 Å². The Morgan fingerprint density at radius 2 is 1.61 bits per heavy atom. The molecule has 0 aliphatic rings. The van der Waals surface area contributed by atoms with E-state index in [1.807, 2.05) is 6.07 Å². The maximum Gasteiger partial charge on any atom is 0.289 e. The first-order valence-electron chi connectivity index (χ1n) is 7.65. The van der Waals surface area contributed by atoms with Crippen LogP contribution in [0.4, 0.5) is 0 Å². The third-order valence-electron chi connectivity index (χ3n) is 4.14. The van der Waals surface area contributed by atoms with Gasteiger partial charge in [0.15, 0.2) is 0 Å². The Balaban J connectivity index is 1.91. The van der Waals surface area contributed by atoms with Gasteiger partial charge in [-0.15, -0.1) is 0 Å². The van der Waals surface area contributed by atoms with E-state index >= 15 is 0 Å². The van der Waals surface area contributed by atoms with Gasteiger partial charge in [0.1, 0.15) is 17.6 Å². The molecule has 0 unspecified atom stereocenters. The first kappa shape index (κ1) is 14.1. The Bertz CT molecular complexity index is 987. The van der Waals surface area contributed by atoms with Crippen molar-refractivity contribution in [1.29, 1.82) is 0 Å². The molecule has 0 fully saturated rings. The van der Waals surface area contributed by atoms with E-state index in [2.05, 4.69) is 79.2 Å². The van der Waals surface area contributed by atoms with Gasteiger partial charge >= 0.3 is 0 Å². The van der Waals surface area contributed by atoms with Crippen molar-refractivity contribution in [3.8, 4) is 21.8 Å². The smallest absolute Gasteiger partial charge is 0.229 e. The molecule has 0 saturated heterocycles. The van der Waals surface area contributed by atoms with Gasteiger partial charge in [-0.2, -0.15) is 4.57 Å². The van der Waals surface area contributed by atoms with Gasteiger partial charge in [0.2, 0.25) is 5.69 Å². The summed E-state index contributed by atoms with van der Waals surface area (Å²) in [5.41, 5.74) is 6.00. The van der Waals surface area contributed by atoms with Crippen LogP contribution in [0.2, 0.25) is 0 Å². The maximum absolute atomic E-state index is 4.80. The van der Waals surface area contributed by atoms with E-state index in [0.29, 0.717) is 0 Å². The average molecular weight is 317 g/mol. The normalized spacial score (nSPS) is 11.0. The van der Waals surface area contributed by atoms with Gasteiger partial charge in [0.05, 0.1) is 0 Å². The van der Waals surface area contributed by atoms with E-state index in [-0.39, 0.29) is 0 Å². The number of hydrogen-bond acceptors (Lipinski definition) is 2. The molecular weight excluding hydrogens is 300 g/mol. The summed E-state index contributed by atoms with van der Waals surface area (Å²) in [4.78, 5) is 6.00. The molecule has 112 valence electrons. The highest BCUT2D eigenvalue weighted by Crippen LogP contribution is 2.30. The topological polar surface area (TPSA) is 16.8 Å². The highest BCUT2D eigenvalue weighted by molar-refractivity contribution is 7.20. The van der Waals surface area contributed by atoms with Gasteiger partial charge in [-0.3, -0.25) is 0 Å². The monoisotopic (exact) mass is 317 g/mol. The van der Waals surface area contributed by atoms with Crippen LogP contribution in [0.3, 0.4) is 0 Å². The molecular formula is C20H17N2S+. The van der Waals surface area contributed by atoms with Crippen molar-refractivity contribution in [1.82, 2.24) is 4.98 Å². The molecule has 0 bridgehead atoms. The molecule has 2 heterocycles. The lowest BCUT2D eigenvalue weighted by atomic mass is 10.1. The fraction of sp³-hybridized carbons (Fsp3) is 0.100. The van der Waals surface area contributed by atoms with Crippen LogP contribution in [-0.4, -0.2) is 4.98 Å². The zero-order valence-electron chi connectivity index (χ0n) is 13.2. The van der Waals surface area contributed by atoms with Gasteiger partial charge in [0, 0.05) is 17.2 Å². The van der Waals surface area contributed by atoms with Crippen molar-refractivity contribution >= 4 is 21.7 Å². The molecule has 4 aromatic rings. The predicted octanol–water partition coefficient (Wildman–Crippen LogP) is 4.76. The number of hydrogen-bond donors (Lipinski definition) is 0. The van der Waals surface area contributed by atoms with Crippen molar-refractivity contribution in [2.24, 2.45) is 7.05 Å². The minimum absolute atomic E-state index is 1.05. The Kier molecular flexibility index (Phi) is 3.43. The highest BCUT2D eigenvalue weighted by Gasteiger charge is 2.19. The van der Waals surface area contributed by atoms with Gasteiger partial charge < -0.3 is 0 Å². The predicted molar refractivity (Wildman–Crippen MR) is 96.4 cm³/mol. The summed E-state index contributed by atoms with van der Waals surface area (Å²) in [6.45, 7) is 2.15. The van der Waals surface area contributed by atoms with Crippen LogP contribution in [0.1, 0.15) is 5.56 Å². The van der Waals surface area contributed by atoms with Gasteiger partial charge in [0.25, 0.3) is 4.83 Å². The van der Waals surface area contributed by atoms with Crippen LogP contribution < -0.4 is 4.57 Å². The van der Waals surface area contributed by atoms with Crippen molar-refractivity contribution in [3.05, 3.63) is 72.3 Å². The third kappa shape index (κ3) is 2.43. The average Bonchev–Trinajstić information content (AvgIpc) is 3.02. The Morgan fingerprint density at radius 1 is 0.870 bits per heavy atom. The number of benzene rings is 2. The molecule has 0 radical (unpaired) electrons. The Morgan fingerprint density at radius 3 is 2.39 bits per heavy atom. The molecule has 0 spiro atoms. The number of fused-ring (bicyclic) bond motifs is 1. The summed E-state index contributed by atoms with van der Waals surface area (Å²) >= 11 is 1.74. The minimum Gasteiger partial charge on any atom is -0.229 e. The summed E-state index contributed by atoms with van der Waals surface area (Å²) in [5, 5.41) is 1.07. The lowest BCUT2D eigenvalue weighted by molar-refractivity contribution is -0.631. The van der Waals surface area contributed by atoms with E-state index in [0.717, 1.165) is 10.5 Å². The quantitative estimate of drug-likeness (QED) is 0.487. The van der Waals surface area contributed by atoms with Crippen LogP contribution in [0.5, 0.6) is 0 Å². The summed E-state index contributed by atoms with van der Waals surface area (Å²) in [6, 6.07) is 23.2. The number of aromatic nitrogens is 2. The van der Waals surface area contributed by atoms with Crippen molar-refractivity contribution in [3.63, 3.8) is 0 Å². The summed E-state index contributed by atoms with van der Waals surface area (Å²) < 4.78 is 2.25. The van der Waals surface area contributed by atoms with Gasteiger partial charge in [-0.05, 0) is 36.0 Å². The Hall–Kier alpha value is -2.52. The molecule has 2 aromatic heterocycles. The fourth-order valence-corrected chi connectivity index (χ4v) is 3.92. The lowest BCUT2D eigenvalue weighted by Gasteiger charge is -2.03. The fourth-order valence-electron chi connectivity index (χ4n) is 2.89. The van der Waals surface area contributed by atoms with E-state index in [9.17, 15) is 0 Å². The molecule has 2 nitrogen and oxygen atoms in total. The van der Waals surface area contributed by atoms with Crippen LogP contribution in [-0.2, 0) is 7.05 Å². The SMILES string of the molecule is Cc1ccccc1-c1ccc2nc(-c3ccccc3)sc2[n+]1C. The van der Waals surface area contributed by atoms with Crippen LogP contribution in [0.15, 0.2) is 66.7 Å². The molecule has 3 heteroatoms. The van der Waals surface area contributed by atoms with Gasteiger partial charge in [-0.1, -0.05) is 48.5 Å². The molecule has 0 atom stereocenters. The lowest BCUT2D eigenvalue weighted by Crippen LogP contribution is -2.31. The summed E-state index contributed by atoms with van der Waals surface area (Å²) in [5.74, 6) is 0. The second-order valence-electron chi connectivity index (χ2n) is 5.67. The first-order valence-corrected chi connectivity index (χ1v) is 8.47. The highest BCUT2D eigenvalue weighted by atomic mass is 32.1. The third-order valence-corrected chi connectivity index (χ3v) is 5.34. The van der Waals surface area contributed by atoms with E-state index in [1.54, 1.807) is 11.3 Å². The first-order chi connectivity index (χ1) is 11.2. The largest absolute Gasteiger partial charge is 0.289 e. The molecule has 0 N–H and O–H groups in total. The zero-order chi connectivity index (χ0) is 15.8. The molecule has 0 saturated carbocycles. The van der Waals surface area contributed by atoms with Crippen LogP contribution >= 0.6 is 11.3 Å². The van der Waals surface area contributed by atoms with Crippen molar-refractivity contribution in [2.75, 3.05) is 0 Å². The summed E-state index contributed by atoms with van der Waals surface area (Å²) in [7, 11) is 2.12. The van der Waals surface area contributed by atoms with E-state index in [4.69, 9.17) is 4.98 Å². The maximum atomic E-state index is 4.80. The van der Waals surface area contributed by atoms with Crippen LogP contribution in [0, 0.1) is 6.92 Å². The number of aryl methyl sites for hydroxylation is 2. The second kappa shape index (κ2) is 5.60. The summed E-state index contributed by atoms with van der Waals surface area (Å²) in [6.07, 6.45) is 0.